The van der Waals surface area contributed by atoms with Gasteiger partial charge in [0.1, 0.15) is 12.7 Å². The van der Waals surface area contributed by atoms with E-state index in [4.69, 9.17) is 10.2 Å². The van der Waals surface area contributed by atoms with Gasteiger partial charge in [-0.2, -0.15) is 0 Å². The molecule has 0 saturated heterocycles. The number of esters is 1. The van der Waals surface area contributed by atoms with Crippen LogP contribution in [0.2, 0.25) is 0 Å². The van der Waals surface area contributed by atoms with E-state index < -0.39 is 24.8 Å². The summed E-state index contributed by atoms with van der Waals surface area (Å²) in [5, 5.41) is 27.0. The Morgan fingerprint density at radius 3 is 2.44 bits per heavy atom. The fourth-order valence-corrected chi connectivity index (χ4v) is 1.08. The van der Waals surface area contributed by atoms with Crippen LogP contribution in [0.5, 0.6) is 0 Å². The number of rotatable bonds is 5. The molecule has 0 fully saturated rings. The van der Waals surface area contributed by atoms with Crippen molar-refractivity contribution in [1.82, 2.24) is 0 Å². The van der Waals surface area contributed by atoms with E-state index in [9.17, 15) is 9.90 Å². The maximum Gasteiger partial charge on any atom is 0.339 e. The topological polar surface area (TPSA) is 87.0 Å². The van der Waals surface area contributed by atoms with Crippen LogP contribution in [0.4, 0.5) is 0 Å². The molecule has 1 aromatic carbocycles. The normalized spacial score (nSPS) is 14.2. The maximum absolute atomic E-state index is 11.3. The predicted molar refractivity (Wildman–Crippen MR) is 55.5 cm³/mol. The Hall–Kier alpha value is -1.43. The van der Waals surface area contributed by atoms with Crippen molar-refractivity contribution in [3.63, 3.8) is 0 Å². The average molecular weight is 226 g/mol. The molecule has 0 heterocycles. The molecule has 16 heavy (non-hydrogen) atoms. The van der Waals surface area contributed by atoms with E-state index in [1.165, 1.54) is 0 Å². The van der Waals surface area contributed by atoms with Crippen molar-refractivity contribution in [2.45, 2.75) is 12.2 Å². The molecule has 0 aliphatic carbocycles. The number of hydrogen-bond acceptors (Lipinski definition) is 5. The number of carbonyl (C=O) groups is 1. The Balaban J connectivity index is 2.49. The molecule has 2 atom stereocenters. The highest BCUT2D eigenvalue weighted by atomic mass is 16.6. The highest BCUT2D eigenvalue weighted by molar-refractivity contribution is 5.76. The van der Waals surface area contributed by atoms with Gasteiger partial charge >= 0.3 is 5.97 Å². The van der Waals surface area contributed by atoms with Gasteiger partial charge in [0, 0.05) is 0 Å². The third-order valence-electron chi connectivity index (χ3n) is 1.97. The van der Waals surface area contributed by atoms with Gasteiger partial charge in [-0.15, -0.1) is 0 Å². The van der Waals surface area contributed by atoms with Gasteiger partial charge in [0.15, 0.2) is 6.10 Å². The SMILES string of the molecule is O=C(OCC(O)CO)[C@H](O)c1ccccc1. The molecule has 5 nitrogen and oxygen atoms in total. The molecule has 1 aromatic rings. The predicted octanol–water partition coefficient (Wildman–Crippen LogP) is -0.384. The third kappa shape index (κ3) is 3.62. The summed E-state index contributed by atoms with van der Waals surface area (Å²) in [6.07, 6.45) is -2.49. The van der Waals surface area contributed by atoms with E-state index in [-0.39, 0.29) is 6.61 Å². The summed E-state index contributed by atoms with van der Waals surface area (Å²) in [4.78, 5) is 11.3. The lowest BCUT2D eigenvalue weighted by Crippen LogP contribution is -2.24. The zero-order valence-corrected chi connectivity index (χ0v) is 8.61. The summed E-state index contributed by atoms with van der Waals surface area (Å²) >= 11 is 0. The highest BCUT2D eigenvalue weighted by Crippen LogP contribution is 2.13. The van der Waals surface area contributed by atoms with Gasteiger partial charge in [-0.25, -0.2) is 4.79 Å². The lowest BCUT2D eigenvalue weighted by Gasteiger charge is -2.12. The van der Waals surface area contributed by atoms with Crippen molar-refractivity contribution < 1.29 is 24.9 Å². The molecule has 0 aromatic heterocycles. The first-order valence-corrected chi connectivity index (χ1v) is 4.83. The molecule has 0 aliphatic heterocycles. The van der Waals surface area contributed by atoms with Gasteiger partial charge < -0.3 is 20.1 Å². The molecule has 0 saturated carbocycles. The smallest absolute Gasteiger partial charge is 0.339 e. The van der Waals surface area contributed by atoms with Gasteiger partial charge in [-0.05, 0) is 5.56 Å². The standard InChI is InChI=1S/C11H14O5/c12-6-9(13)7-16-11(15)10(14)8-4-2-1-3-5-8/h1-5,9-10,12-14H,6-7H2/t9?,10-/m1/s1. The highest BCUT2D eigenvalue weighted by Gasteiger charge is 2.19. The van der Waals surface area contributed by atoms with Gasteiger partial charge in [0.25, 0.3) is 0 Å². The first-order chi connectivity index (χ1) is 7.65. The van der Waals surface area contributed by atoms with Crippen molar-refractivity contribution in [2.75, 3.05) is 13.2 Å². The van der Waals surface area contributed by atoms with Crippen molar-refractivity contribution in [3.8, 4) is 0 Å². The quantitative estimate of drug-likeness (QED) is 0.595. The summed E-state index contributed by atoms with van der Waals surface area (Å²) in [5.41, 5.74) is 0.422. The molecule has 0 aliphatic rings. The van der Waals surface area contributed by atoms with Crippen LogP contribution in [0.15, 0.2) is 30.3 Å². The van der Waals surface area contributed by atoms with Crippen molar-refractivity contribution in [2.24, 2.45) is 0 Å². The fourth-order valence-electron chi connectivity index (χ4n) is 1.08. The van der Waals surface area contributed by atoms with E-state index in [1.54, 1.807) is 30.3 Å². The molecule has 1 rings (SSSR count). The van der Waals surface area contributed by atoms with Crippen LogP contribution in [-0.4, -0.2) is 40.6 Å². The number of benzene rings is 1. The zero-order valence-electron chi connectivity index (χ0n) is 8.61. The zero-order chi connectivity index (χ0) is 12.0. The van der Waals surface area contributed by atoms with Crippen LogP contribution in [0.1, 0.15) is 11.7 Å². The van der Waals surface area contributed by atoms with Crippen LogP contribution >= 0.6 is 0 Å². The van der Waals surface area contributed by atoms with E-state index in [0.717, 1.165) is 0 Å². The minimum atomic E-state index is -1.37. The molecule has 0 spiro atoms. The fraction of sp³-hybridized carbons (Fsp3) is 0.364. The number of carbonyl (C=O) groups excluding carboxylic acids is 1. The van der Waals surface area contributed by atoms with E-state index in [0.29, 0.717) is 5.56 Å². The second kappa shape index (κ2) is 6.22. The molecule has 1 unspecified atom stereocenters. The Kier molecular flexibility index (Phi) is 4.91. The van der Waals surface area contributed by atoms with Crippen molar-refractivity contribution in [3.05, 3.63) is 35.9 Å². The van der Waals surface area contributed by atoms with Gasteiger partial charge in [-0.1, -0.05) is 30.3 Å². The second-order valence-electron chi connectivity index (χ2n) is 3.28. The summed E-state index contributed by atoms with van der Waals surface area (Å²) in [5.74, 6) is -0.848. The lowest BCUT2D eigenvalue weighted by atomic mass is 10.1. The Bertz CT molecular complexity index is 324. The Labute approximate surface area is 92.9 Å². The summed E-state index contributed by atoms with van der Waals surface area (Å²) in [7, 11) is 0. The van der Waals surface area contributed by atoms with Crippen LogP contribution in [0.3, 0.4) is 0 Å². The summed E-state index contributed by atoms with van der Waals surface area (Å²) < 4.78 is 4.61. The first-order valence-electron chi connectivity index (χ1n) is 4.83. The summed E-state index contributed by atoms with van der Waals surface area (Å²) in [6, 6.07) is 8.32. The first kappa shape index (κ1) is 12.6. The molecular formula is C11H14O5. The minimum absolute atomic E-state index is 0.334. The second-order valence-corrected chi connectivity index (χ2v) is 3.28. The Morgan fingerprint density at radius 1 is 1.25 bits per heavy atom. The minimum Gasteiger partial charge on any atom is -0.461 e. The van der Waals surface area contributed by atoms with Crippen molar-refractivity contribution in [1.29, 1.82) is 0 Å². The Morgan fingerprint density at radius 2 is 1.88 bits per heavy atom. The number of aliphatic hydroxyl groups is 3. The van der Waals surface area contributed by atoms with E-state index in [2.05, 4.69) is 4.74 Å². The van der Waals surface area contributed by atoms with Crippen LogP contribution in [0.25, 0.3) is 0 Å². The van der Waals surface area contributed by atoms with Crippen molar-refractivity contribution >= 4 is 5.97 Å². The van der Waals surface area contributed by atoms with E-state index >= 15 is 0 Å². The molecule has 5 heteroatoms. The third-order valence-corrected chi connectivity index (χ3v) is 1.97. The lowest BCUT2D eigenvalue weighted by molar-refractivity contribution is -0.157. The molecule has 0 radical (unpaired) electrons. The molecule has 88 valence electrons. The molecular weight excluding hydrogens is 212 g/mol. The number of aliphatic hydroxyl groups excluding tert-OH is 3. The van der Waals surface area contributed by atoms with Crippen LogP contribution in [0, 0.1) is 0 Å². The number of ether oxygens (including phenoxy) is 1. The van der Waals surface area contributed by atoms with Gasteiger partial charge in [0.2, 0.25) is 0 Å². The van der Waals surface area contributed by atoms with Crippen LogP contribution in [-0.2, 0) is 9.53 Å². The molecule has 3 N–H and O–H groups in total. The number of hydrogen-bond donors (Lipinski definition) is 3. The van der Waals surface area contributed by atoms with Gasteiger partial charge in [-0.3, -0.25) is 0 Å². The molecule has 0 amide bonds. The largest absolute Gasteiger partial charge is 0.461 e. The average Bonchev–Trinajstić information content (AvgIpc) is 2.35. The van der Waals surface area contributed by atoms with Crippen LogP contribution < -0.4 is 0 Å². The maximum atomic E-state index is 11.3. The van der Waals surface area contributed by atoms with E-state index in [1.807, 2.05) is 0 Å². The summed E-state index contributed by atoms with van der Waals surface area (Å²) in [6.45, 7) is -0.825. The van der Waals surface area contributed by atoms with Gasteiger partial charge in [0.05, 0.1) is 6.61 Å². The monoisotopic (exact) mass is 226 g/mol. The molecule has 0 bridgehead atoms.